The monoisotopic (exact) mass is 307 g/mol. The van der Waals surface area contributed by atoms with E-state index in [1.54, 1.807) is 4.52 Å². The van der Waals surface area contributed by atoms with E-state index in [1.807, 2.05) is 24.3 Å². The average molecular weight is 308 g/mol. The largest absolute Gasteiger partial charge is 0.390 e. The topological polar surface area (TPSA) is 50.4 Å². The normalized spacial score (nSPS) is 11.7. The second kappa shape index (κ2) is 5.16. The molecule has 0 spiro atoms. The molecule has 0 aliphatic carbocycles. The zero-order valence-electron chi connectivity index (χ0n) is 11.2. The average Bonchev–Trinajstić information content (AvgIpc) is 2.96. The minimum Gasteiger partial charge on any atom is -0.390 e. The molecule has 3 rings (SSSR count). The lowest BCUT2D eigenvalue weighted by Crippen LogP contribution is -1.99. The zero-order chi connectivity index (χ0) is 14.3. The molecule has 0 aliphatic heterocycles. The van der Waals surface area contributed by atoms with Gasteiger partial charge < -0.3 is 5.11 Å². The highest BCUT2D eigenvalue weighted by Crippen LogP contribution is 2.30. The van der Waals surface area contributed by atoms with Gasteiger partial charge in [0.2, 0.25) is 4.96 Å². The maximum Gasteiger partial charge on any atom is 0.213 e. The molecule has 0 saturated carbocycles. The Balaban J connectivity index is 2.12. The zero-order valence-corrected chi connectivity index (χ0v) is 12.7. The number of fused-ring (bicyclic) bond motifs is 1. The number of aliphatic hydroxyl groups is 1. The Morgan fingerprint density at radius 2 is 2.00 bits per heavy atom. The Morgan fingerprint density at radius 3 is 2.60 bits per heavy atom. The summed E-state index contributed by atoms with van der Waals surface area (Å²) < 4.78 is 1.74. The highest BCUT2D eigenvalue weighted by molar-refractivity contribution is 7.19. The van der Waals surface area contributed by atoms with E-state index >= 15 is 0 Å². The SMILES string of the molecule is CC(C)c1nc2sc(-c3ccc(Cl)cc3)nn2c1CO. The summed E-state index contributed by atoms with van der Waals surface area (Å²) in [5.41, 5.74) is 2.68. The highest BCUT2D eigenvalue weighted by atomic mass is 35.5. The van der Waals surface area contributed by atoms with Gasteiger partial charge >= 0.3 is 0 Å². The fourth-order valence-electron chi connectivity index (χ4n) is 2.13. The summed E-state index contributed by atoms with van der Waals surface area (Å²) in [6.07, 6.45) is 0. The number of aliphatic hydroxyl groups excluding tert-OH is 1. The quantitative estimate of drug-likeness (QED) is 0.802. The summed E-state index contributed by atoms with van der Waals surface area (Å²) in [5, 5.41) is 15.7. The van der Waals surface area contributed by atoms with Gasteiger partial charge in [-0.3, -0.25) is 0 Å². The van der Waals surface area contributed by atoms with E-state index in [0.717, 1.165) is 26.9 Å². The third-order valence-corrected chi connectivity index (χ3v) is 4.32. The molecule has 0 bridgehead atoms. The molecule has 3 aromatic rings. The maximum atomic E-state index is 9.56. The number of hydrogen-bond donors (Lipinski definition) is 1. The summed E-state index contributed by atoms with van der Waals surface area (Å²) in [6, 6.07) is 7.55. The van der Waals surface area contributed by atoms with Crippen LogP contribution in [0.2, 0.25) is 5.02 Å². The van der Waals surface area contributed by atoms with E-state index in [9.17, 15) is 5.11 Å². The molecule has 0 unspecified atom stereocenters. The van der Waals surface area contributed by atoms with Gasteiger partial charge in [-0.25, -0.2) is 9.50 Å². The molecule has 0 fully saturated rings. The first-order valence-corrected chi connectivity index (χ1v) is 7.54. The first-order valence-electron chi connectivity index (χ1n) is 6.35. The van der Waals surface area contributed by atoms with Crippen LogP contribution in [0, 0.1) is 0 Å². The Bertz CT molecular complexity index is 746. The minimum absolute atomic E-state index is 0.0571. The van der Waals surface area contributed by atoms with Crippen molar-refractivity contribution in [3.63, 3.8) is 0 Å². The maximum absolute atomic E-state index is 9.56. The molecule has 104 valence electrons. The first-order chi connectivity index (χ1) is 9.60. The van der Waals surface area contributed by atoms with E-state index in [-0.39, 0.29) is 12.5 Å². The Hall–Kier alpha value is -1.43. The summed E-state index contributed by atoms with van der Waals surface area (Å²) in [7, 11) is 0. The minimum atomic E-state index is -0.0571. The molecule has 0 saturated heterocycles. The van der Waals surface area contributed by atoms with E-state index in [2.05, 4.69) is 23.9 Å². The molecule has 20 heavy (non-hydrogen) atoms. The molecule has 1 N–H and O–H groups in total. The van der Waals surface area contributed by atoms with Gasteiger partial charge in [0.1, 0.15) is 5.01 Å². The van der Waals surface area contributed by atoms with Crippen molar-refractivity contribution in [2.75, 3.05) is 0 Å². The molecule has 0 amide bonds. The smallest absolute Gasteiger partial charge is 0.213 e. The molecular weight excluding hydrogens is 294 g/mol. The third kappa shape index (κ3) is 2.22. The van der Waals surface area contributed by atoms with Gasteiger partial charge in [-0.15, -0.1) is 0 Å². The molecule has 0 aliphatic rings. The lowest BCUT2D eigenvalue weighted by molar-refractivity contribution is 0.272. The molecule has 2 heterocycles. The van der Waals surface area contributed by atoms with Crippen LogP contribution in [-0.4, -0.2) is 19.7 Å². The summed E-state index contributed by atoms with van der Waals surface area (Å²) in [4.78, 5) is 5.39. The first kappa shape index (κ1) is 13.5. The number of rotatable bonds is 3. The Kier molecular flexibility index (Phi) is 3.50. The summed E-state index contributed by atoms with van der Waals surface area (Å²) in [5.74, 6) is 0.269. The van der Waals surface area contributed by atoms with E-state index in [4.69, 9.17) is 11.6 Å². The molecular formula is C14H14ClN3OS. The summed E-state index contributed by atoms with van der Waals surface area (Å²) >= 11 is 7.40. The number of halogens is 1. The molecule has 6 heteroatoms. The van der Waals surface area contributed by atoms with Crippen LogP contribution in [-0.2, 0) is 6.61 Å². The Morgan fingerprint density at radius 1 is 1.30 bits per heavy atom. The predicted molar refractivity (Wildman–Crippen MR) is 81.3 cm³/mol. The van der Waals surface area contributed by atoms with E-state index < -0.39 is 0 Å². The molecule has 0 atom stereocenters. The molecule has 4 nitrogen and oxygen atoms in total. The van der Waals surface area contributed by atoms with E-state index in [0.29, 0.717) is 5.02 Å². The van der Waals surface area contributed by atoms with Crippen molar-refractivity contribution in [2.45, 2.75) is 26.4 Å². The van der Waals surface area contributed by atoms with Crippen LogP contribution in [0.15, 0.2) is 24.3 Å². The standard InChI is InChI=1S/C14H14ClN3OS/c1-8(2)12-11(7-19)18-14(16-12)20-13(17-18)9-3-5-10(15)6-4-9/h3-6,8,19H,7H2,1-2H3. The number of hydrogen-bond acceptors (Lipinski definition) is 4. The number of benzene rings is 1. The van der Waals surface area contributed by atoms with Crippen LogP contribution in [0.3, 0.4) is 0 Å². The van der Waals surface area contributed by atoms with Crippen molar-refractivity contribution < 1.29 is 5.11 Å². The lowest BCUT2D eigenvalue weighted by Gasteiger charge is -2.02. The van der Waals surface area contributed by atoms with Gasteiger partial charge in [-0.1, -0.05) is 48.9 Å². The Labute approximate surface area is 125 Å². The fourth-order valence-corrected chi connectivity index (χ4v) is 3.18. The van der Waals surface area contributed by atoms with Crippen molar-refractivity contribution in [1.82, 2.24) is 14.6 Å². The number of nitrogens with zero attached hydrogens (tertiary/aromatic N) is 3. The van der Waals surface area contributed by atoms with Crippen molar-refractivity contribution in [3.8, 4) is 10.6 Å². The van der Waals surface area contributed by atoms with Gasteiger partial charge in [0.15, 0.2) is 0 Å². The lowest BCUT2D eigenvalue weighted by atomic mass is 10.1. The third-order valence-electron chi connectivity index (χ3n) is 3.12. The van der Waals surface area contributed by atoms with Crippen LogP contribution < -0.4 is 0 Å². The van der Waals surface area contributed by atoms with Gasteiger partial charge in [-0.05, 0) is 18.1 Å². The van der Waals surface area contributed by atoms with Gasteiger partial charge in [-0.2, -0.15) is 5.10 Å². The highest BCUT2D eigenvalue weighted by Gasteiger charge is 2.18. The van der Waals surface area contributed by atoms with Crippen LogP contribution in [0.5, 0.6) is 0 Å². The molecule has 1 aromatic carbocycles. The number of aromatic nitrogens is 3. The van der Waals surface area contributed by atoms with Crippen molar-refractivity contribution in [2.24, 2.45) is 0 Å². The van der Waals surface area contributed by atoms with Crippen LogP contribution in [0.4, 0.5) is 0 Å². The van der Waals surface area contributed by atoms with Gasteiger partial charge in [0.05, 0.1) is 18.0 Å². The molecule has 0 radical (unpaired) electrons. The fraction of sp³-hybridized carbons (Fsp3) is 0.286. The van der Waals surface area contributed by atoms with Crippen molar-refractivity contribution >= 4 is 27.9 Å². The van der Waals surface area contributed by atoms with Crippen LogP contribution in [0.25, 0.3) is 15.5 Å². The van der Waals surface area contributed by atoms with Crippen LogP contribution >= 0.6 is 22.9 Å². The predicted octanol–water partition coefficient (Wildman–Crippen LogP) is 3.73. The van der Waals surface area contributed by atoms with Gasteiger partial charge in [0.25, 0.3) is 0 Å². The van der Waals surface area contributed by atoms with Crippen molar-refractivity contribution in [1.29, 1.82) is 0 Å². The van der Waals surface area contributed by atoms with Gasteiger partial charge in [0, 0.05) is 10.6 Å². The summed E-state index contributed by atoms with van der Waals surface area (Å²) in [6.45, 7) is 4.07. The molecule has 2 aromatic heterocycles. The van der Waals surface area contributed by atoms with Crippen LogP contribution in [0.1, 0.15) is 31.2 Å². The van der Waals surface area contributed by atoms with E-state index in [1.165, 1.54) is 11.3 Å². The second-order valence-corrected chi connectivity index (χ2v) is 6.26. The van der Waals surface area contributed by atoms with Crippen molar-refractivity contribution in [3.05, 3.63) is 40.7 Å². The number of imidazole rings is 1. The second-order valence-electron chi connectivity index (χ2n) is 4.87.